The molecule has 0 bridgehead atoms. The lowest BCUT2D eigenvalue weighted by atomic mass is 10.1. The molecular weight excluding hydrogens is 254 g/mol. The maximum absolute atomic E-state index is 10.7. The normalized spacial score (nSPS) is 12.6. The van der Waals surface area contributed by atoms with Gasteiger partial charge in [-0.1, -0.05) is 25.1 Å². The van der Waals surface area contributed by atoms with Crippen LogP contribution < -0.4 is 4.90 Å². The van der Waals surface area contributed by atoms with Crippen LogP contribution in [0.1, 0.15) is 25.8 Å². The minimum Gasteiger partial charge on any atom is -0.478 e. The zero-order chi connectivity index (χ0) is 15.0. The van der Waals surface area contributed by atoms with Gasteiger partial charge in [0.15, 0.2) is 0 Å². The van der Waals surface area contributed by atoms with E-state index in [1.165, 1.54) is 6.08 Å². The highest BCUT2D eigenvalue weighted by Crippen LogP contribution is 2.24. The van der Waals surface area contributed by atoms with Crippen molar-refractivity contribution < 1.29 is 14.6 Å². The van der Waals surface area contributed by atoms with E-state index in [-0.39, 0.29) is 0 Å². The summed E-state index contributed by atoms with van der Waals surface area (Å²) < 4.78 is 5.17. The number of hydrogen-bond donors (Lipinski definition) is 1. The van der Waals surface area contributed by atoms with Crippen molar-refractivity contribution in [2.45, 2.75) is 26.3 Å². The number of nitrogens with zero attached hydrogens (tertiary/aromatic N) is 1. The zero-order valence-electron chi connectivity index (χ0n) is 12.4. The Balaban J connectivity index is 3.08. The van der Waals surface area contributed by atoms with Gasteiger partial charge in [-0.3, -0.25) is 0 Å². The third-order valence-electron chi connectivity index (χ3n) is 3.31. The van der Waals surface area contributed by atoms with Crippen LogP contribution in [0.2, 0.25) is 0 Å². The van der Waals surface area contributed by atoms with Crippen molar-refractivity contribution in [2.75, 3.05) is 25.2 Å². The highest BCUT2D eigenvalue weighted by atomic mass is 16.5. The molecule has 1 aromatic carbocycles. The summed E-state index contributed by atoms with van der Waals surface area (Å²) in [7, 11) is 1.69. The van der Waals surface area contributed by atoms with Gasteiger partial charge >= 0.3 is 5.97 Å². The first-order chi connectivity index (χ1) is 9.60. The Morgan fingerprint density at radius 3 is 2.75 bits per heavy atom. The van der Waals surface area contributed by atoms with Crippen molar-refractivity contribution in [2.24, 2.45) is 0 Å². The van der Waals surface area contributed by atoms with E-state index in [1.54, 1.807) is 13.2 Å². The molecule has 1 atom stereocenters. The van der Waals surface area contributed by atoms with E-state index in [2.05, 4.69) is 18.7 Å². The molecule has 0 saturated heterocycles. The summed E-state index contributed by atoms with van der Waals surface area (Å²) in [4.78, 5) is 13.0. The quantitative estimate of drug-likeness (QED) is 0.742. The lowest BCUT2D eigenvalue weighted by Crippen LogP contribution is -2.35. The molecule has 0 saturated carbocycles. The number of hydrogen-bond acceptors (Lipinski definition) is 3. The van der Waals surface area contributed by atoms with Crippen molar-refractivity contribution in [3.8, 4) is 0 Å². The van der Waals surface area contributed by atoms with Crippen molar-refractivity contribution in [1.29, 1.82) is 0 Å². The molecule has 0 heterocycles. The van der Waals surface area contributed by atoms with E-state index in [4.69, 9.17) is 9.84 Å². The summed E-state index contributed by atoms with van der Waals surface area (Å²) in [6.07, 6.45) is 3.82. The first-order valence-electron chi connectivity index (χ1n) is 6.85. The van der Waals surface area contributed by atoms with Gasteiger partial charge in [0, 0.05) is 31.5 Å². The maximum atomic E-state index is 10.7. The minimum atomic E-state index is -0.938. The smallest absolute Gasteiger partial charge is 0.328 e. The number of para-hydroxylation sites is 1. The Bertz CT molecular complexity index is 457. The fraction of sp³-hybridized carbons (Fsp3) is 0.438. The third kappa shape index (κ3) is 4.70. The standard InChI is InChI=1S/C16H23NO3/c1-4-13(2)17(11-12-20-3)15-8-6-5-7-14(15)9-10-16(18)19/h5-10,13H,4,11-12H2,1-3H3,(H,18,19). The van der Waals surface area contributed by atoms with Gasteiger partial charge in [-0.25, -0.2) is 4.79 Å². The van der Waals surface area contributed by atoms with E-state index in [0.29, 0.717) is 12.6 Å². The molecule has 110 valence electrons. The Kier molecular flexibility index (Phi) is 6.81. The Morgan fingerprint density at radius 2 is 2.15 bits per heavy atom. The monoisotopic (exact) mass is 277 g/mol. The van der Waals surface area contributed by atoms with Crippen molar-refractivity contribution in [3.05, 3.63) is 35.9 Å². The van der Waals surface area contributed by atoms with E-state index < -0.39 is 5.97 Å². The Morgan fingerprint density at radius 1 is 1.45 bits per heavy atom. The molecule has 0 spiro atoms. The van der Waals surface area contributed by atoms with E-state index >= 15 is 0 Å². The van der Waals surface area contributed by atoms with Crippen LogP contribution in [0.15, 0.2) is 30.3 Å². The van der Waals surface area contributed by atoms with Crippen molar-refractivity contribution in [1.82, 2.24) is 0 Å². The van der Waals surface area contributed by atoms with Crippen LogP contribution in [-0.4, -0.2) is 37.4 Å². The molecule has 20 heavy (non-hydrogen) atoms. The maximum Gasteiger partial charge on any atom is 0.328 e. The second-order valence-electron chi connectivity index (χ2n) is 4.67. The molecule has 0 aliphatic rings. The Labute approximate surface area is 120 Å². The summed E-state index contributed by atoms with van der Waals surface area (Å²) >= 11 is 0. The molecule has 0 aliphatic heterocycles. The molecule has 4 heteroatoms. The van der Waals surface area contributed by atoms with Crippen LogP contribution in [0.3, 0.4) is 0 Å². The summed E-state index contributed by atoms with van der Waals surface area (Å²) in [6.45, 7) is 5.72. The van der Waals surface area contributed by atoms with E-state index in [1.807, 2.05) is 24.3 Å². The minimum absolute atomic E-state index is 0.365. The Hall–Kier alpha value is -1.81. The number of benzene rings is 1. The van der Waals surface area contributed by atoms with Crippen LogP contribution in [0.4, 0.5) is 5.69 Å². The number of carbonyl (C=O) groups is 1. The van der Waals surface area contributed by atoms with Gasteiger partial charge < -0.3 is 14.7 Å². The van der Waals surface area contributed by atoms with Gasteiger partial charge in [-0.2, -0.15) is 0 Å². The van der Waals surface area contributed by atoms with Gasteiger partial charge in [0.1, 0.15) is 0 Å². The second kappa shape index (κ2) is 8.38. The summed E-state index contributed by atoms with van der Waals surface area (Å²) in [6, 6.07) is 8.19. The molecule has 0 aromatic heterocycles. The van der Waals surface area contributed by atoms with Gasteiger partial charge in [-0.15, -0.1) is 0 Å². The lowest BCUT2D eigenvalue weighted by molar-refractivity contribution is -0.131. The van der Waals surface area contributed by atoms with Gasteiger partial charge in [0.25, 0.3) is 0 Å². The summed E-state index contributed by atoms with van der Waals surface area (Å²) in [5.74, 6) is -0.938. The molecule has 1 N–H and O–H groups in total. The van der Waals surface area contributed by atoms with E-state index in [9.17, 15) is 4.79 Å². The van der Waals surface area contributed by atoms with E-state index in [0.717, 1.165) is 24.2 Å². The van der Waals surface area contributed by atoms with Crippen LogP contribution in [0.5, 0.6) is 0 Å². The highest BCUT2D eigenvalue weighted by Gasteiger charge is 2.14. The molecule has 4 nitrogen and oxygen atoms in total. The number of carboxylic acids is 1. The summed E-state index contributed by atoms with van der Waals surface area (Å²) in [5, 5.41) is 8.78. The zero-order valence-corrected chi connectivity index (χ0v) is 12.4. The number of ether oxygens (including phenoxy) is 1. The number of carboxylic acid groups (broad SMARTS) is 1. The van der Waals surface area contributed by atoms with Crippen LogP contribution >= 0.6 is 0 Å². The molecule has 0 aliphatic carbocycles. The molecule has 0 radical (unpaired) electrons. The molecule has 0 amide bonds. The highest BCUT2D eigenvalue weighted by molar-refractivity contribution is 5.87. The number of aliphatic carboxylic acids is 1. The number of methoxy groups -OCH3 is 1. The van der Waals surface area contributed by atoms with Crippen molar-refractivity contribution in [3.63, 3.8) is 0 Å². The van der Waals surface area contributed by atoms with Crippen molar-refractivity contribution >= 4 is 17.7 Å². The van der Waals surface area contributed by atoms with Gasteiger partial charge in [0.05, 0.1) is 6.61 Å². The lowest BCUT2D eigenvalue weighted by Gasteiger charge is -2.32. The third-order valence-corrected chi connectivity index (χ3v) is 3.31. The van der Waals surface area contributed by atoms with Crippen LogP contribution in [0.25, 0.3) is 6.08 Å². The first kappa shape index (κ1) is 16.2. The summed E-state index contributed by atoms with van der Waals surface area (Å²) in [5.41, 5.74) is 1.95. The molecule has 1 aromatic rings. The number of rotatable bonds is 8. The van der Waals surface area contributed by atoms with Crippen LogP contribution in [-0.2, 0) is 9.53 Å². The molecule has 1 rings (SSSR count). The predicted molar refractivity (Wildman–Crippen MR) is 82.1 cm³/mol. The second-order valence-corrected chi connectivity index (χ2v) is 4.67. The average Bonchev–Trinajstić information content (AvgIpc) is 2.46. The average molecular weight is 277 g/mol. The fourth-order valence-corrected chi connectivity index (χ4v) is 2.04. The molecular formula is C16H23NO3. The first-order valence-corrected chi connectivity index (χ1v) is 6.85. The van der Waals surface area contributed by atoms with Gasteiger partial charge in [0.2, 0.25) is 0 Å². The number of anilines is 1. The van der Waals surface area contributed by atoms with Crippen LogP contribution in [0, 0.1) is 0 Å². The van der Waals surface area contributed by atoms with Gasteiger partial charge in [-0.05, 0) is 31.1 Å². The topological polar surface area (TPSA) is 49.8 Å². The molecule has 0 fully saturated rings. The SMILES string of the molecule is CCC(C)N(CCOC)c1ccccc1C=CC(=O)O. The predicted octanol–water partition coefficient (Wildman–Crippen LogP) is 3.04. The fourth-order valence-electron chi connectivity index (χ4n) is 2.04. The molecule has 1 unspecified atom stereocenters. The largest absolute Gasteiger partial charge is 0.478 e.